The van der Waals surface area contributed by atoms with Crippen molar-refractivity contribution >= 4 is 33.6 Å². The van der Waals surface area contributed by atoms with Gasteiger partial charge in [-0.2, -0.15) is 0 Å². The fourth-order valence-corrected chi connectivity index (χ4v) is 5.24. The first-order valence-electron chi connectivity index (χ1n) is 12.1. The lowest BCUT2D eigenvalue weighted by Crippen LogP contribution is -2.24. The number of carbonyl (C=O) groups is 1. The predicted molar refractivity (Wildman–Crippen MR) is 154 cm³/mol. The van der Waals surface area contributed by atoms with Crippen LogP contribution in [0.15, 0.2) is 82.4 Å². The molecule has 4 rings (SSSR count). The minimum absolute atomic E-state index is 0.0591. The van der Waals surface area contributed by atoms with Gasteiger partial charge in [0.25, 0.3) is 5.91 Å². The highest BCUT2D eigenvalue weighted by Gasteiger charge is 2.20. The van der Waals surface area contributed by atoms with E-state index in [4.69, 9.17) is 14.5 Å². The van der Waals surface area contributed by atoms with Crippen molar-refractivity contribution in [3.63, 3.8) is 0 Å². The molecule has 1 aromatic heterocycles. The summed E-state index contributed by atoms with van der Waals surface area (Å²) in [5.74, 6) is 2.40. The fraction of sp³-hybridized carbons (Fsp3) is 0.241. The van der Waals surface area contributed by atoms with E-state index in [9.17, 15) is 4.79 Å². The molecule has 1 heterocycles. The fourth-order valence-electron chi connectivity index (χ4n) is 3.97. The molecule has 0 aliphatic heterocycles. The molecule has 0 unspecified atom stereocenters. The summed E-state index contributed by atoms with van der Waals surface area (Å²) in [6.45, 7) is 3.52. The van der Waals surface area contributed by atoms with E-state index >= 15 is 0 Å². The maximum Gasteiger partial charge on any atom is 0.251 e. The van der Waals surface area contributed by atoms with Gasteiger partial charge in [0.05, 0.1) is 25.6 Å². The van der Waals surface area contributed by atoms with E-state index < -0.39 is 0 Å². The number of carbonyl (C=O) groups excluding carboxylic acids is 1. The van der Waals surface area contributed by atoms with Crippen molar-refractivity contribution in [2.45, 2.75) is 25.0 Å². The third-order valence-electron chi connectivity index (χ3n) is 5.92. The summed E-state index contributed by atoms with van der Waals surface area (Å²) in [6, 6.07) is 23.5. The van der Waals surface area contributed by atoms with E-state index in [1.54, 1.807) is 26.0 Å². The topological polar surface area (TPSA) is 65.4 Å². The molecule has 3 aromatic carbocycles. The summed E-state index contributed by atoms with van der Waals surface area (Å²) in [5, 5.41) is 3.96. The highest BCUT2D eigenvalue weighted by Crippen LogP contribution is 2.37. The summed E-state index contributed by atoms with van der Waals surface area (Å²) in [7, 11) is 3.34. The van der Waals surface area contributed by atoms with Gasteiger partial charge in [-0.15, -0.1) is 0 Å². The molecule has 0 saturated carbocycles. The molecular weight excluding hydrogens is 550 g/mol. The van der Waals surface area contributed by atoms with Crippen LogP contribution in [0, 0.1) is 0 Å². The number of hydrogen-bond acceptors (Lipinski definition) is 5. The van der Waals surface area contributed by atoms with E-state index in [-0.39, 0.29) is 5.91 Å². The molecule has 1 N–H and O–H groups in total. The second kappa shape index (κ2) is 12.8. The first-order chi connectivity index (χ1) is 18.0. The normalized spacial score (nSPS) is 10.8. The lowest BCUT2D eigenvalue weighted by molar-refractivity contribution is 0.0954. The van der Waals surface area contributed by atoms with Crippen LogP contribution in [0.3, 0.4) is 0 Å². The number of amides is 1. The van der Waals surface area contributed by atoms with Crippen LogP contribution in [0.4, 0.5) is 0 Å². The van der Waals surface area contributed by atoms with Crippen LogP contribution < -0.4 is 14.8 Å². The molecule has 0 atom stereocenters. The van der Waals surface area contributed by atoms with Gasteiger partial charge in [0.1, 0.15) is 11.5 Å². The van der Waals surface area contributed by atoms with E-state index in [1.165, 1.54) is 0 Å². The van der Waals surface area contributed by atoms with Crippen molar-refractivity contribution in [3.8, 4) is 34.0 Å². The number of halogens is 1. The lowest BCUT2D eigenvalue weighted by atomic mass is 10.0. The number of thioether (sulfide) groups is 1. The third-order valence-corrected chi connectivity index (χ3v) is 7.51. The molecular formula is C29H30BrN3O3S. The molecule has 4 aromatic rings. The maximum atomic E-state index is 12.4. The summed E-state index contributed by atoms with van der Waals surface area (Å²) < 4.78 is 13.9. The Labute approximate surface area is 230 Å². The van der Waals surface area contributed by atoms with Crippen LogP contribution in [-0.2, 0) is 6.54 Å². The Morgan fingerprint density at radius 3 is 2.08 bits per heavy atom. The highest BCUT2D eigenvalue weighted by molar-refractivity contribution is 9.10. The standard InChI is InChI=1S/C29H30BrN3O3S/c1-4-33-27(21-10-16-25(36-3)17-11-21)26(20-8-14-24(35-2)15-9-20)32-29(33)37-19-5-18-31-28(34)22-6-12-23(30)13-7-22/h6-17H,4-5,18-19H2,1-3H3,(H,31,34). The second-order valence-electron chi connectivity index (χ2n) is 8.26. The smallest absolute Gasteiger partial charge is 0.251 e. The number of hydrogen-bond donors (Lipinski definition) is 1. The molecule has 0 aliphatic rings. The first-order valence-corrected chi connectivity index (χ1v) is 13.9. The van der Waals surface area contributed by atoms with Crippen molar-refractivity contribution < 1.29 is 14.3 Å². The van der Waals surface area contributed by atoms with Crippen molar-refractivity contribution in [1.29, 1.82) is 0 Å². The van der Waals surface area contributed by atoms with Gasteiger partial charge in [-0.3, -0.25) is 4.79 Å². The molecule has 192 valence electrons. The van der Waals surface area contributed by atoms with Gasteiger partial charge in [-0.25, -0.2) is 4.98 Å². The first kappa shape index (κ1) is 26.8. The van der Waals surface area contributed by atoms with E-state index in [0.29, 0.717) is 12.1 Å². The van der Waals surface area contributed by atoms with Gasteiger partial charge >= 0.3 is 0 Å². The minimum atomic E-state index is -0.0591. The Kier molecular flexibility index (Phi) is 9.30. The SMILES string of the molecule is CCn1c(SCCCNC(=O)c2ccc(Br)cc2)nc(-c2ccc(OC)cc2)c1-c1ccc(OC)cc1. The van der Waals surface area contributed by atoms with Gasteiger partial charge < -0.3 is 19.4 Å². The Balaban J connectivity index is 1.51. The van der Waals surface area contributed by atoms with Crippen LogP contribution in [0.1, 0.15) is 23.7 Å². The lowest BCUT2D eigenvalue weighted by Gasteiger charge is -2.12. The Bertz CT molecular complexity index is 1320. The van der Waals surface area contributed by atoms with Gasteiger partial charge in [0, 0.05) is 40.0 Å². The third kappa shape index (κ3) is 6.56. The number of nitrogens with one attached hydrogen (secondary N) is 1. The molecule has 0 spiro atoms. The molecule has 37 heavy (non-hydrogen) atoms. The Morgan fingerprint density at radius 1 is 0.919 bits per heavy atom. The molecule has 8 heteroatoms. The van der Waals surface area contributed by atoms with Gasteiger partial charge in [0.15, 0.2) is 5.16 Å². The minimum Gasteiger partial charge on any atom is -0.497 e. The highest BCUT2D eigenvalue weighted by atomic mass is 79.9. The number of benzene rings is 3. The maximum absolute atomic E-state index is 12.4. The van der Waals surface area contributed by atoms with Gasteiger partial charge in [-0.1, -0.05) is 27.7 Å². The van der Waals surface area contributed by atoms with E-state index in [0.717, 1.165) is 62.4 Å². The quantitative estimate of drug-likeness (QED) is 0.154. The molecule has 0 saturated heterocycles. The molecule has 0 bridgehead atoms. The molecule has 1 amide bonds. The number of imidazole rings is 1. The van der Waals surface area contributed by atoms with Crippen molar-refractivity contribution in [3.05, 3.63) is 82.8 Å². The van der Waals surface area contributed by atoms with Crippen LogP contribution in [-0.4, -0.2) is 42.0 Å². The zero-order valence-electron chi connectivity index (χ0n) is 21.2. The molecule has 0 fully saturated rings. The van der Waals surface area contributed by atoms with E-state index in [1.807, 2.05) is 60.7 Å². The average Bonchev–Trinajstić information content (AvgIpc) is 3.31. The summed E-state index contributed by atoms with van der Waals surface area (Å²) in [6.07, 6.45) is 0.833. The summed E-state index contributed by atoms with van der Waals surface area (Å²) in [4.78, 5) is 17.5. The van der Waals surface area contributed by atoms with Crippen LogP contribution in [0.25, 0.3) is 22.5 Å². The number of ether oxygens (including phenoxy) is 2. The predicted octanol–water partition coefficient (Wildman–Crippen LogP) is 6.93. The number of aromatic nitrogens is 2. The Hall–Kier alpha value is -3.23. The Morgan fingerprint density at radius 2 is 1.51 bits per heavy atom. The van der Waals surface area contributed by atoms with Crippen molar-refractivity contribution in [1.82, 2.24) is 14.9 Å². The van der Waals surface area contributed by atoms with Crippen molar-refractivity contribution in [2.24, 2.45) is 0 Å². The van der Waals surface area contributed by atoms with Crippen molar-refractivity contribution in [2.75, 3.05) is 26.5 Å². The van der Waals surface area contributed by atoms with Gasteiger partial charge in [-0.05, 0) is 86.1 Å². The average molecular weight is 581 g/mol. The van der Waals surface area contributed by atoms with Crippen LogP contribution in [0.5, 0.6) is 11.5 Å². The summed E-state index contributed by atoms with van der Waals surface area (Å²) >= 11 is 5.10. The summed E-state index contributed by atoms with van der Waals surface area (Å²) in [5.41, 5.74) is 4.77. The van der Waals surface area contributed by atoms with E-state index in [2.05, 4.69) is 44.9 Å². The number of nitrogens with zero attached hydrogens (tertiary/aromatic N) is 2. The second-order valence-corrected chi connectivity index (χ2v) is 10.2. The number of rotatable bonds is 11. The van der Waals surface area contributed by atoms with Gasteiger partial charge in [0.2, 0.25) is 0 Å². The van der Waals surface area contributed by atoms with Crippen LogP contribution in [0.2, 0.25) is 0 Å². The number of methoxy groups -OCH3 is 2. The largest absolute Gasteiger partial charge is 0.497 e. The monoisotopic (exact) mass is 579 g/mol. The molecule has 6 nitrogen and oxygen atoms in total. The molecule has 0 radical (unpaired) electrons. The molecule has 0 aliphatic carbocycles. The van der Waals surface area contributed by atoms with Crippen LogP contribution >= 0.6 is 27.7 Å². The zero-order chi connectivity index (χ0) is 26.2. The zero-order valence-corrected chi connectivity index (χ0v) is 23.6.